The summed E-state index contributed by atoms with van der Waals surface area (Å²) in [6.07, 6.45) is 0.412. The molecule has 0 saturated carbocycles. The topological polar surface area (TPSA) is 53.4 Å². The largest absolute Gasteiger partial charge is 0.387 e. The molecule has 2 aliphatic heterocycles. The second-order valence-corrected chi connectivity index (χ2v) is 9.49. The van der Waals surface area contributed by atoms with Gasteiger partial charge in [0.25, 0.3) is 0 Å². The van der Waals surface area contributed by atoms with Crippen molar-refractivity contribution in [1.82, 2.24) is 19.6 Å². The van der Waals surface area contributed by atoms with Crippen molar-refractivity contribution in [3.05, 3.63) is 71.8 Å². The Morgan fingerprint density at radius 3 is 1.21 bits per heavy atom. The summed E-state index contributed by atoms with van der Waals surface area (Å²) < 4.78 is 0. The molecule has 4 rings (SSSR count). The number of hydrogen-bond acceptors (Lipinski definition) is 6. The van der Waals surface area contributed by atoms with Gasteiger partial charge in [0.05, 0.1) is 12.2 Å². The third-order valence-corrected chi connectivity index (χ3v) is 7.11. The molecule has 6 nitrogen and oxygen atoms in total. The first kappa shape index (κ1) is 24.3. The summed E-state index contributed by atoms with van der Waals surface area (Å²) in [6, 6.07) is 20.0. The molecule has 180 valence electrons. The lowest BCUT2D eigenvalue weighted by Gasteiger charge is -2.37. The van der Waals surface area contributed by atoms with Crippen molar-refractivity contribution in [2.45, 2.75) is 18.6 Å². The van der Waals surface area contributed by atoms with Crippen molar-refractivity contribution in [3.63, 3.8) is 0 Å². The first-order chi connectivity index (χ1) is 16.2. The molecule has 2 aliphatic rings. The predicted octanol–water partition coefficient (Wildman–Crippen LogP) is 2.08. The SMILES string of the molecule is OC(CN1CCN(CCCN2CCN(CC(O)c3ccccc3)CC2)CC1)c1ccccc1. The van der Waals surface area contributed by atoms with E-state index in [2.05, 4.69) is 19.6 Å². The molecule has 0 radical (unpaired) electrons. The summed E-state index contributed by atoms with van der Waals surface area (Å²) >= 11 is 0. The standard InChI is InChI=1S/C27H40N4O2/c32-26(24-8-3-1-4-9-24)22-30-18-14-28(15-19-30)12-7-13-29-16-20-31(21-17-29)23-27(33)25-10-5-2-6-11-25/h1-6,8-11,26-27,32-33H,7,12-23H2. The Morgan fingerprint density at radius 2 is 0.848 bits per heavy atom. The molecule has 0 amide bonds. The average molecular weight is 453 g/mol. The lowest BCUT2D eigenvalue weighted by atomic mass is 10.1. The molecule has 2 unspecified atom stereocenters. The van der Waals surface area contributed by atoms with Gasteiger partial charge in [-0.2, -0.15) is 0 Å². The summed E-state index contributed by atoms with van der Waals surface area (Å²) in [5.41, 5.74) is 2.02. The fourth-order valence-corrected chi connectivity index (χ4v) is 4.96. The van der Waals surface area contributed by atoms with E-state index < -0.39 is 12.2 Å². The third kappa shape index (κ3) is 7.60. The van der Waals surface area contributed by atoms with Crippen molar-refractivity contribution in [1.29, 1.82) is 0 Å². The summed E-state index contributed by atoms with van der Waals surface area (Å²) in [4.78, 5) is 9.91. The lowest BCUT2D eigenvalue weighted by molar-refractivity contribution is 0.0630. The van der Waals surface area contributed by atoms with E-state index in [-0.39, 0.29) is 0 Å². The number of benzene rings is 2. The van der Waals surface area contributed by atoms with Gasteiger partial charge in [0.2, 0.25) is 0 Å². The van der Waals surface area contributed by atoms with E-state index in [1.165, 1.54) is 6.42 Å². The first-order valence-corrected chi connectivity index (χ1v) is 12.5. The van der Waals surface area contributed by atoms with Gasteiger partial charge in [0.15, 0.2) is 0 Å². The highest BCUT2D eigenvalue weighted by atomic mass is 16.3. The van der Waals surface area contributed by atoms with Crippen LogP contribution in [0.25, 0.3) is 0 Å². The van der Waals surface area contributed by atoms with Gasteiger partial charge in [-0.15, -0.1) is 0 Å². The molecular formula is C27H40N4O2. The molecule has 2 N–H and O–H groups in total. The Balaban J connectivity index is 1.07. The van der Waals surface area contributed by atoms with E-state index in [0.29, 0.717) is 0 Å². The van der Waals surface area contributed by atoms with Gasteiger partial charge >= 0.3 is 0 Å². The number of β-amino-alcohol motifs (C(OH)–C–C–N with tert-alkyl or cyclic N) is 2. The molecule has 33 heavy (non-hydrogen) atoms. The van der Waals surface area contributed by atoms with Gasteiger partial charge in [0, 0.05) is 65.4 Å². The van der Waals surface area contributed by atoms with Crippen LogP contribution in [-0.4, -0.2) is 108 Å². The van der Waals surface area contributed by atoms with E-state index in [4.69, 9.17) is 0 Å². The number of nitrogens with zero attached hydrogens (tertiary/aromatic N) is 4. The Bertz CT molecular complexity index is 723. The monoisotopic (exact) mass is 452 g/mol. The van der Waals surface area contributed by atoms with E-state index >= 15 is 0 Å². The number of piperazine rings is 2. The van der Waals surface area contributed by atoms with Crippen LogP contribution in [0.1, 0.15) is 29.8 Å². The van der Waals surface area contributed by atoms with Crippen LogP contribution in [0.2, 0.25) is 0 Å². The third-order valence-electron chi connectivity index (χ3n) is 7.11. The van der Waals surface area contributed by atoms with Crippen molar-refractivity contribution in [3.8, 4) is 0 Å². The van der Waals surface area contributed by atoms with Crippen LogP contribution in [0.15, 0.2) is 60.7 Å². The smallest absolute Gasteiger partial charge is 0.0916 e. The summed E-state index contributed by atoms with van der Waals surface area (Å²) in [5.74, 6) is 0. The normalized spacial score (nSPS) is 21.2. The molecular weight excluding hydrogens is 412 g/mol. The molecule has 2 saturated heterocycles. The molecule has 2 heterocycles. The molecule has 2 atom stereocenters. The predicted molar refractivity (Wildman–Crippen MR) is 133 cm³/mol. The molecule has 0 aliphatic carbocycles. The zero-order chi connectivity index (χ0) is 22.9. The fraction of sp³-hybridized carbons (Fsp3) is 0.556. The van der Waals surface area contributed by atoms with E-state index in [1.54, 1.807) is 0 Å². The molecule has 2 aromatic carbocycles. The van der Waals surface area contributed by atoms with Crippen LogP contribution in [0.5, 0.6) is 0 Å². The van der Waals surface area contributed by atoms with Gasteiger partial charge in [-0.1, -0.05) is 60.7 Å². The fourth-order valence-electron chi connectivity index (χ4n) is 4.96. The highest BCUT2D eigenvalue weighted by Gasteiger charge is 2.22. The number of aliphatic hydroxyl groups is 2. The van der Waals surface area contributed by atoms with Crippen LogP contribution in [0, 0.1) is 0 Å². The van der Waals surface area contributed by atoms with E-state index in [0.717, 1.165) is 89.7 Å². The van der Waals surface area contributed by atoms with E-state index in [9.17, 15) is 10.2 Å². The van der Waals surface area contributed by atoms with Gasteiger partial charge in [-0.05, 0) is 30.6 Å². The first-order valence-electron chi connectivity index (χ1n) is 12.5. The Hall–Kier alpha value is -1.80. The maximum Gasteiger partial charge on any atom is 0.0916 e. The zero-order valence-electron chi connectivity index (χ0n) is 19.8. The molecule has 0 spiro atoms. The highest BCUT2D eigenvalue weighted by molar-refractivity contribution is 5.18. The van der Waals surface area contributed by atoms with Crippen LogP contribution in [0.3, 0.4) is 0 Å². The minimum absolute atomic E-state index is 0.398. The van der Waals surface area contributed by atoms with Crippen molar-refractivity contribution in [2.24, 2.45) is 0 Å². The van der Waals surface area contributed by atoms with Gasteiger partial charge in [0.1, 0.15) is 0 Å². The zero-order valence-corrected chi connectivity index (χ0v) is 19.8. The maximum atomic E-state index is 10.5. The van der Waals surface area contributed by atoms with Crippen LogP contribution in [0.4, 0.5) is 0 Å². The van der Waals surface area contributed by atoms with Gasteiger partial charge < -0.3 is 20.0 Å². The average Bonchev–Trinajstić information content (AvgIpc) is 2.87. The summed E-state index contributed by atoms with van der Waals surface area (Å²) in [7, 11) is 0. The minimum Gasteiger partial charge on any atom is -0.387 e. The Labute approximate surface area is 199 Å². The maximum absolute atomic E-state index is 10.5. The number of rotatable bonds is 10. The van der Waals surface area contributed by atoms with Crippen molar-refractivity contribution < 1.29 is 10.2 Å². The highest BCUT2D eigenvalue weighted by Crippen LogP contribution is 2.16. The van der Waals surface area contributed by atoms with Crippen LogP contribution < -0.4 is 0 Å². The lowest BCUT2D eigenvalue weighted by Crippen LogP contribution is -2.49. The molecule has 2 aromatic rings. The molecule has 0 bridgehead atoms. The number of aliphatic hydroxyl groups excluding tert-OH is 2. The minimum atomic E-state index is -0.398. The van der Waals surface area contributed by atoms with Crippen LogP contribution >= 0.6 is 0 Å². The Kier molecular flexibility index (Phi) is 9.29. The Morgan fingerprint density at radius 1 is 0.515 bits per heavy atom. The van der Waals surface area contributed by atoms with Crippen LogP contribution in [-0.2, 0) is 0 Å². The second kappa shape index (κ2) is 12.6. The van der Waals surface area contributed by atoms with Gasteiger partial charge in [-0.3, -0.25) is 9.80 Å². The summed E-state index contributed by atoms with van der Waals surface area (Å²) in [6.45, 7) is 12.3. The van der Waals surface area contributed by atoms with E-state index in [1.807, 2.05) is 60.7 Å². The molecule has 6 heteroatoms. The second-order valence-electron chi connectivity index (χ2n) is 9.49. The molecule has 0 aromatic heterocycles. The molecule has 2 fully saturated rings. The quantitative estimate of drug-likeness (QED) is 0.576. The number of hydrogen-bond donors (Lipinski definition) is 2. The van der Waals surface area contributed by atoms with Crippen molar-refractivity contribution in [2.75, 3.05) is 78.5 Å². The summed E-state index contributed by atoms with van der Waals surface area (Å²) in [5, 5.41) is 20.9. The van der Waals surface area contributed by atoms with Crippen molar-refractivity contribution >= 4 is 0 Å². The van der Waals surface area contributed by atoms with Gasteiger partial charge in [-0.25, -0.2) is 0 Å².